The molecule has 2 aromatic heterocycles. The molecule has 1 aliphatic heterocycles. The number of nitrogens with one attached hydrogen (secondary N) is 1. The van der Waals surface area contributed by atoms with Gasteiger partial charge in [-0.25, -0.2) is 9.97 Å². The van der Waals surface area contributed by atoms with Crippen LogP contribution < -0.4 is 10.2 Å². The molecule has 3 aromatic rings. The number of aromatic nitrogens is 2. The van der Waals surface area contributed by atoms with Crippen molar-refractivity contribution in [3.8, 4) is 0 Å². The highest BCUT2D eigenvalue weighted by atomic mass is 32.2. The first-order chi connectivity index (χ1) is 13.7. The van der Waals surface area contributed by atoms with E-state index in [4.69, 9.17) is 4.98 Å². The van der Waals surface area contributed by atoms with Gasteiger partial charge in [-0.05, 0) is 44.1 Å². The van der Waals surface area contributed by atoms with Crippen LogP contribution in [0.5, 0.6) is 0 Å². The van der Waals surface area contributed by atoms with Gasteiger partial charge in [-0.3, -0.25) is 4.79 Å². The van der Waals surface area contributed by atoms with Crippen LogP contribution in [0.1, 0.15) is 47.5 Å². The van der Waals surface area contributed by atoms with Gasteiger partial charge in [0, 0.05) is 13.1 Å². The minimum absolute atomic E-state index is 0.0479. The van der Waals surface area contributed by atoms with E-state index in [1.54, 1.807) is 11.8 Å². The topological polar surface area (TPSA) is 58.1 Å². The van der Waals surface area contributed by atoms with E-state index < -0.39 is 0 Å². The van der Waals surface area contributed by atoms with E-state index in [9.17, 15) is 4.79 Å². The molecule has 0 unspecified atom stereocenters. The molecule has 1 aromatic carbocycles. The Kier molecular flexibility index (Phi) is 5.82. The summed E-state index contributed by atoms with van der Waals surface area (Å²) in [6.45, 7) is 4.04. The smallest absolute Gasteiger partial charge is 0.261 e. The van der Waals surface area contributed by atoms with Crippen LogP contribution >= 0.6 is 23.1 Å². The van der Waals surface area contributed by atoms with E-state index in [2.05, 4.69) is 15.2 Å². The van der Waals surface area contributed by atoms with Gasteiger partial charge in [0.05, 0.1) is 16.3 Å². The zero-order valence-corrected chi connectivity index (χ0v) is 17.8. The maximum atomic E-state index is 12.9. The number of rotatable bonds is 5. The van der Waals surface area contributed by atoms with E-state index in [-0.39, 0.29) is 11.9 Å². The lowest BCUT2D eigenvalue weighted by atomic mass is 10.1. The minimum atomic E-state index is -0.0605. The van der Waals surface area contributed by atoms with Crippen molar-refractivity contribution in [3.05, 3.63) is 46.8 Å². The largest absolute Gasteiger partial charge is 0.356 e. The van der Waals surface area contributed by atoms with Crippen LogP contribution in [0.15, 0.2) is 41.6 Å². The molecule has 0 saturated carbocycles. The number of nitrogens with zero attached hydrogens (tertiary/aromatic N) is 3. The van der Waals surface area contributed by atoms with Crippen molar-refractivity contribution in [1.29, 1.82) is 0 Å². The third-order valence-corrected chi connectivity index (χ3v) is 6.64. The van der Waals surface area contributed by atoms with Crippen LogP contribution in [-0.4, -0.2) is 35.2 Å². The van der Waals surface area contributed by atoms with E-state index in [0.717, 1.165) is 39.8 Å². The lowest BCUT2D eigenvalue weighted by Gasteiger charge is -2.28. The molecule has 0 radical (unpaired) electrons. The lowest BCUT2D eigenvalue weighted by Crippen LogP contribution is -2.30. The summed E-state index contributed by atoms with van der Waals surface area (Å²) >= 11 is 2.99. The van der Waals surface area contributed by atoms with Crippen molar-refractivity contribution in [2.75, 3.05) is 24.2 Å². The van der Waals surface area contributed by atoms with Gasteiger partial charge < -0.3 is 10.2 Å². The molecule has 1 aliphatic rings. The van der Waals surface area contributed by atoms with Gasteiger partial charge in [-0.2, -0.15) is 0 Å². The molecule has 0 aliphatic carbocycles. The molecule has 1 amide bonds. The predicted molar refractivity (Wildman–Crippen MR) is 118 cm³/mol. The van der Waals surface area contributed by atoms with Gasteiger partial charge in [0.25, 0.3) is 5.91 Å². The van der Waals surface area contributed by atoms with Gasteiger partial charge in [-0.1, -0.05) is 42.1 Å². The molecule has 3 heterocycles. The fourth-order valence-corrected chi connectivity index (χ4v) is 4.88. The van der Waals surface area contributed by atoms with E-state index in [0.29, 0.717) is 4.88 Å². The zero-order valence-electron chi connectivity index (χ0n) is 16.1. The third-order valence-electron chi connectivity index (χ3n) is 5.06. The molecular weight excluding hydrogens is 388 g/mol. The van der Waals surface area contributed by atoms with E-state index >= 15 is 0 Å². The molecule has 1 atom stereocenters. The number of carbonyl (C=O) groups is 1. The van der Waals surface area contributed by atoms with Crippen LogP contribution in [0, 0.1) is 0 Å². The van der Waals surface area contributed by atoms with E-state index in [1.807, 2.05) is 49.6 Å². The van der Waals surface area contributed by atoms with Crippen LogP contribution in [0.25, 0.3) is 10.2 Å². The third kappa shape index (κ3) is 4.00. The number of hydrogen-bond donors (Lipinski definition) is 1. The second kappa shape index (κ2) is 8.49. The summed E-state index contributed by atoms with van der Waals surface area (Å²) in [6, 6.07) is 11.9. The van der Waals surface area contributed by atoms with Crippen LogP contribution in [0.2, 0.25) is 0 Å². The Morgan fingerprint density at radius 3 is 2.64 bits per heavy atom. The summed E-state index contributed by atoms with van der Waals surface area (Å²) in [5.41, 5.74) is 1.09. The molecule has 28 heavy (non-hydrogen) atoms. The van der Waals surface area contributed by atoms with Crippen molar-refractivity contribution in [2.24, 2.45) is 0 Å². The Balaban J connectivity index is 1.63. The number of piperidine rings is 1. The van der Waals surface area contributed by atoms with Crippen molar-refractivity contribution in [3.63, 3.8) is 0 Å². The van der Waals surface area contributed by atoms with Crippen molar-refractivity contribution < 1.29 is 4.79 Å². The first kappa shape index (κ1) is 19.2. The Morgan fingerprint density at radius 1 is 1.18 bits per heavy atom. The number of amides is 1. The average molecular weight is 413 g/mol. The Hall–Kier alpha value is -2.12. The number of carbonyl (C=O) groups excluding carboxylic acids is 1. The fourth-order valence-electron chi connectivity index (χ4n) is 3.53. The number of benzene rings is 1. The monoisotopic (exact) mass is 412 g/mol. The Morgan fingerprint density at radius 2 is 1.93 bits per heavy atom. The molecule has 4 rings (SSSR count). The average Bonchev–Trinajstić information content (AvgIpc) is 3.18. The highest BCUT2D eigenvalue weighted by molar-refractivity contribution is 7.98. The summed E-state index contributed by atoms with van der Waals surface area (Å²) < 4.78 is 0. The molecule has 0 bridgehead atoms. The number of hydrogen-bond acceptors (Lipinski definition) is 6. The number of fused-ring (bicyclic) bond motifs is 1. The van der Waals surface area contributed by atoms with Crippen molar-refractivity contribution in [1.82, 2.24) is 15.3 Å². The van der Waals surface area contributed by atoms with Crippen LogP contribution in [0.4, 0.5) is 5.82 Å². The summed E-state index contributed by atoms with van der Waals surface area (Å²) in [6.07, 6.45) is 5.64. The maximum absolute atomic E-state index is 12.9. The highest BCUT2D eigenvalue weighted by Crippen LogP contribution is 2.34. The molecule has 1 saturated heterocycles. The number of thiophene rings is 1. The van der Waals surface area contributed by atoms with Crippen LogP contribution in [-0.2, 0) is 0 Å². The molecule has 1 N–H and O–H groups in total. The van der Waals surface area contributed by atoms with Gasteiger partial charge in [0.15, 0.2) is 5.16 Å². The van der Waals surface area contributed by atoms with Crippen LogP contribution in [0.3, 0.4) is 0 Å². The highest BCUT2D eigenvalue weighted by Gasteiger charge is 2.21. The molecule has 0 spiro atoms. The number of thioether (sulfide) groups is 1. The molecule has 5 nitrogen and oxygen atoms in total. The Labute approximate surface area is 173 Å². The lowest BCUT2D eigenvalue weighted by molar-refractivity contribution is 0.0944. The summed E-state index contributed by atoms with van der Waals surface area (Å²) in [5.74, 6) is 0.912. The minimum Gasteiger partial charge on any atom is -0.356 e. The second-order valence-corrected chi connectivity index (χ2v) is 8.82. The summed E-state index contributed by atoms with van der Waals surface area (Å²) in [7, 11) is 0. The molecule has 146 valence electrons. The van der Waals surface area contributed by atoms with E-state index in [1.165, 1.54) is 30.6 Å². The maximum Gasteiger partial charge on any atom is 0.261 e. The van der Waals surface area contributed by atoms with Gasteiger partial charge in [0.1, 0.15) is 10.6 Å². The fraction of sp³-hybridized carbons (Fsp3) is 0.381. The first-order valence-electron chi connectivity index (χ1n) is 9.62. The standard InChI is InChI=1S/C21H24N4OS2/c1-14(15-9-5-3-6-10-15)22-19(26)17-13-16-18(25-11-7-4-8-12-25)23-21(27-2)24-20(16)28-17/h3,5-6,9-10,13-14H,4,7-8,11-12H2,1-2H3,(H,22,26)/t14-/m0/s1. The first-order valence-corrected chi connectivity index (χ1v) is 11.7. The molecular formula is C21H24N4OS2. The summed E-state index contributed by atoms with van der Waals surface area (Å²) in [5, 5.41) is 4.86. The normalized spacial score (nSPS) is 15.6. The molecule has 1 fully saturated rings. The quantitative estimate of drug-likeness (QED) is 0.477. The van der Waals surface area contributed by atoms with Crippen molar-refractivity contribution in [2.45, 2.75) is 37.4 Å². The zero-order chi connectivity index (χ0) is 19.5. The number of anilines is 1. The van der Waals surface area contributed by atoms with Gasteiger partial charge >= 0.3 is 0 Å². The Bertz CT molecular complexity index is 967. The van der Waals surface area contributed by atoms with Crippen molar-refractivity contribution >= 4 is 45.0 Å². The van der Waals surface area contributed by atoms with Gasteiger partial charge in [0.2, 0.25) is 0 Å². The predicted octanol–water partition coefficient (Wildman–Crippen LogP) is 4.89. The SMILES string of the molecule is CSc1nc(N2CCCCC2)c2cc(C(=O)N[C@@H](C)c3ccccc3)sc2n1. The second-order valence-electron chi connectivity index (χ2n) is 7.02. The molecule has 7 heteroatoms. The summed E-state index contributed by atoms with van der Waals surface area (Å²) in [4.78, 5) is 26.2. The van der Waals surface area contributed by atoms with Gasteiger partial charge in [-0.15, -0.1) is 11.3 Å².